The van der Waals surface area contributed by atoms with Crippen molar-refractivity contribution >= 4 is 35.7 Å². The van der Waals surface area contributed by atoms with E-state index in [1.165, 1.54) is 4.90 Å². The molecule has 0 radical (unpaired) electrons. The van der Waals surface area contributed by atoms with Crippen LogP contribution in [0.25, 0.3) is 0 Å². The first-order valence-electron chi connectivity index (χ1n) is 11.5. The van der Waals surface area contributed by atoms with E-state index in [-0.39, 0.29) is 30.8 Å². The monoisotopic (exact) mass is 474 g/mol. The number of fused-ring (bicyclic) bond motifs is 1. The minimum Gasteiger partial charge on any atom is -0.481 e. The smallest absolute Gasteiger partial charge is 0.305 e. The number of hydrogen-bond acceptors (Lipinski definition) is 6. The number of benzene rings is 1. The van der Waals surface area contributed by atoms with E-state index in [1.807, 2.05) is 27.7 Å². The zero-order valence-corrected chi connectivity index (χ0v) is 20.0. The number of anilines is 1. The third-order valence-corrected chi connectivity index (χ3v) is 5.86. The predicted molar refractivity (Wildman–Crippen MR) is 126 cm³/mol. The molecule has 186 valence electrons. The van der Waals surface area contributed by atoms with E-state index >= 15 is 0 Å². The van der Waals surface area contributed by atoms with Crippen LogP contribution in [0.3, 0.4) is 0 Å². The lowest BCUT2D eigenvalue weighted by atomic mass is 9.97. The molecule has 4 atom stereocenters. The average molecular weight is 475 g/mol. The van der Waals surface area contributed by atoms with Gasteiger partial charge in [0.05, 0.1) is 25.0 Å². The van der Waals surface area contributed by atoms with E-state index in [0.29, 0.717) is 12.0 Å². The molecule has 0 fully saturated rings. The van der Waals surface area contributed by atoms with Crippen molar-refractivity contribution in [3.05, 3.63) is 29.8 Å². The highest BCUT2D eigenvalue weighted by Gasteiger charge is 2.39. The van der Waals surface area contributed by atoms with Gasteiger partial charge in [-0.05, 0) is 17.5 Å². The number of carboxylic acid groups (broad SMARTS) is 1. The first-order chi connectivity index (χ1) is 16.1. The highest BCUT2D eigenvalue weighted by Crippen LogP contribution is 2.32. The average Bonchev–Trinajstić information content (AvgIpc) is 3.19. The summed E-state index contributed by atoms with van der Waals surface area (Å²) in [5.74, 6) is -2.58. The maximum atomic E-state index is 13.2. The van der Waals surface area contributed by atoms with Crippen molar-refractivity contribution in [3.8, 4) is 0 Å². The van der Waals surface area contributed by atoms with Gasteiger partial charge in [-0.25, -0.2) is 0 Å². The van der Waals surface area contributed by atoms with E-state index in [9.17, 15) is 24.0 Å². The molecule has 10 nitrogen and oxygen atoms in total. The Morgan fingerprint density at radius 1 is 1.18 bits per heavy atom. The van der Waals surface area contributed by atoms with Crippen LogP contribution >= 0.6 is 0 Å². The summed E-state index contributed by atoms with van der Waals surface area (Å²) < 4.78 is 0. The van der Waals surface area contributed by atoms with Crippen molar-refractivity contribution in [2.75, 3.05) is 11.4 Å². The first kappa shape index (κ1) is 27.0. The summed E-state index contributed by atoms with van der Waals surface area (Å²) in [6.07, 6.45) is 0.794. The highest BCUT2D eigenvalue weighted by molar-refractivity contribution is 6.05. The minimum atomic E-state index is -1.23. The van der Waals surface area contributed by atoms with E-state index in [0.717, 1.165) is 12.0 Å². The number of carbonyl (C=O) groups excluding carboxylic acids is 4. The molecule has 0 aliphatic carbocycles. The van der Waals surface area contributed by atoms with Crippen molar-refractivity contribution in [2.24, 2.45) is 5.92 Å². The van der Waals surface area contributed by atoms with Gasteiger partial charge < -0.3 is 25.9 Å². The normalized spacial score (nSPS) is 17.4. The molecule has 10 heteroatoms. The van der Waals surface area contributed by atoms with E-state index < -0.39 is 42.3 Å². The third-order valence-electron chi connectivity index (χ3n) is 5.86. The van der Waals surface area contributed by atoms with Gasteiger partial charge in [-0.15, -0.1) is 0 Å². The maximum Gasteiger partial charge on any atom is 0.305 e. The van der Waals surface area contributed by atoms with Gasteiger partial charge in [0.2, 0.25) is 17.7 Å². The standard InChI is InChI=1S/C24H34N4O6/c1-5-15(4)22(26-14(2)3)24(34)25-12-20(30)28-18-9-7-6-8-16(18)10-19(28)23(33)27-17(13-29)11-21(31)32/h6-9,13-15,17,19,22,26H,5,10-12H2,1-4H3,(H,25,34)(H,27,33)(H,31,32)/t15-,17-,19-,22-/m0/s1. The van der Waals surface area contributed by atoms with Crippen LogP contribution in [0.2, 0.25) is 0 Å². The molecule has 0 unspecified atom stereocenters. The SMILES string of the molecule is CC[C@H](C)[C@H](NC(C)C)C(=O)NCC(=O)N1c2ccccc2C[C@H]1C(=O)N[C@H](C=O)CC(=O)O. The molecule has 1 aliphatic heterocycles. The van der Waals surface area contributed by atoms with Crippen LogP contribution in [-0.2, 0) is 30.4 Å². The van der Waals surface area contributed by atoms with Crippen molar-refractivity contribution in [3.63, 3.8) is 0 Å². The molecule has 0 aromatic heterocycles. The molecule has 1 aromatic carbocycles. The Morgan fingerprint density at radius 3 is 2.44 bits per heavy atom. The number of aliphatic carboxylic acids is 1. The van der Waals surface area contributed by atoms with Crippen LogP contribution in [-0.4, -0.2) is 65.8 Å². The van der Waals surface area contributed by atoms with Crippen LogP contribution in [0.4, 0.5) is 5.69 Å². The summed E-state index contributed by atoms with van der Waals surface area (Å²) in [6.45, 7) is 7.51. The van der Waals surface area contributed by atoms with Crippen molar-refractivity contribution in [1.82, 2.24) is 16.0 Å². The second-order valence-electron chi connectivity index (χ2n) is 8.86. The Hall–Kier alpha value is -3.27. The number of aldehydes is 1. The van der Waals surface area contributed by atoms with E-state index in [4.69, 9.17) is 5.11 Å². The number of amides is 3. The fraction of sp³-hybridized carbons (Fsp3) is 0.542. The van der Waals surface area contributed by atoms with Crippen LogP contribution in [0.15, 0.2) is 24.3 Å². The topological polar surface area (TPSA) is 145 Å². The molecule has 34 heavy (non-hydrogen) atoms. The molecule has 2 rings (SSSR count). The highest BCUT2D eigenvalue weighted by atomic mass is 16.4. The first-order valence-corrected chi connectivity index (χ1v) is 11.5. The maximum absolute atomic E-state index is 13.2. The van der Waals surface area contributed by atoms with Gasteiger partial charge >= 0.3 is 5.97 Å². The van der Waals surface area contributed by atoms with Crippen molar-refractivity contribution in [2.45, 2.75) is 71.1 Å². The van der Waals surface area contributed by atoms with E-state index in [1.54, 1.807) is 24.3 Å². The predicted octanol–water partition coefficient (Wildman–Crippen LogP) is 0.632. The van der Waals surface area contributed by atoms with Gasteiger partial charge in [-0.2, -0.15) is 0 Å². The molecular formula is C24H34N4O6. The molecule has 0 saturated heterocycles. The largest absolute Gasteiger partial charge is 0.481 e. The second kappa shape index (κ2) is 12.3. The van der Waals surface area contributed by atoms with Crippen molar-refractivity contribution in [1.29, 1.82) is 0 Å². The fourth-order valence-corrected chi connectivity index (χ4v) is 3.96. The van der Waals surface area contributed by atoms with Crippen LogP contribution in [0.5, 0.6) is 0 Å². The van der Waals surface area contributed by atoms with Gasteiger partial charge in [0, 0.05) is 18.2 Å². The second-order valence-corrected chi connectivity index (χ2v) is 8.86. The number of nitrogens with one attached hydrogen (secondary N) is 3. The number of carbonyl (C=O) groups is 5. The molecule has 0 bridgehead atoms. The van der Waals surface area contributed by atoms with Gasteiger partial charge in [0.15, 0.2) is 0 Å². The number of nitrogens with zero attached hydrogens (tertiary/aromatic N) is 1. The molecule has 0 spiro atoms. The van der Waals surface area contributed by atoms with Crippen LogP contribution in [0, 0.1) is 5.92 Å². The summed E-state index contributed by atoms with van der Waals surface area (Å²) in [5.41, 5.74) is 1.31. The summed E-state index contributed by atoms with van der Waals surface area (Å²) in [6, 6.07) is 4.47. The Bertz CT molecular complexity index is 918. The van der Waals surface area contributed by atoms with Gasteiger partial charge in [0.25, 0.3) is 0 Å². The summed E-state index contributed by atoms with van der Waals surface area (Å²) in [4.78, 5) is 62.4. The molecule has 1 heterocycles. The third kappa shape index (κ3) is 6.86. The molecule has 4 N–H and O–H groups in total. The van der Waals surface area contributed by atoms with Gasteiger partial charge in [0.1, 0.15) is 12.3 Å². The number of carboxylic acids is 1. The molecular weight excluding hydrogens is 440 g/mol. The number of rotatable bonds is 12. The van der Waals surface area contributed by atoms with Gasteiger partial charge in [-0.1, -0.05) is 52.3 Å². The molecule has 0 saturated carbocycles. The lowest BCUT2D eigenvalue weighted by Crippen LogP contribution is -2.55. The summed E-state index contributed by atoms with van der Waals surface area (Å²) in [5, 5.41) is 17.3. The number of hydrogen-bond donors (Lipinski definition) is 4. The minimum absolute atomic E-state index is 0.0538. The Kier molecular flexibility index (Phi) is 9.73. The van der Waals surface area contributed by atoms with E-state index in [2.05, 4.69) is 16.0 Å². The van der Waals surface area contributed by atoms with Crippen LogP contribution < -0.4 is 20.9 Å². The Morgan fingerprint density at radius 2 is 1.85 bits per heavy atom. The number of para-hydroxylation sites is 1. The zero-order chi connectivity index (χ0) is 25.4. The fourth-order valence-electron chi connectivity index (χ4n) is 3.96. The zero-order valence-electron chi connectivity index (χ0n) is 20.0. The molecule has 1 aromatic rings. The molecule has 1 aliphatic rings. The quantitative estimate of drug-likeness (QED) is 0.325. The Labute approximate surface area is 199 Å². The van der Waals surface area contributed by atoms with Crippen molar-refractivity contribution < 1.29 is 29.1 Å². The van der Waals surface area contributed by atoms with Gasteiger partial charge in [-0.3, -0.25) is 24.1 Å². The molecule has 3 amide bonds. The lowest BCUT2D eigenvalue weighted by molar-refractivity contribution is -0.139. The Balaban J connectivity index is 2.17. The summed E-state index contributed by atoms with van der Waals surface area (Å²) in [7, 11) is 0. The lowest BCUT2D eigenvalue weighted by Gasteiger charge is -2.28. The summed E-state index contributed by atoms with van der Waals surface area (Å²) >= 11 is 0. The van der Waals surface area contributed by atoms with Crippen LogP contribution in [0.1, 0.15) is 46.1 Å².